The lowest BCUT2D eigenvalue weighted by Gasteiger charge is -2.23. The van der Waals surface area contributed by atoms with Crippen molar-refractivity contribution in [1.82, 2.24) is 9.97 Å². The molecular weight excluding hydrogens is 290 g/mol. The Morgan fingerprint density at radius 1 is 1.30 bits per heavy atom. The van der Waals surface area contributed by atoms with Crippen molar-refractivity contribution in [3.8, 4) is 0 Å². The highest BCUT2D eigenvalue weighted by Crippen LogP contribution is 2.23. The summed E-state index contributed by atoms with van der Waals surface area (Å²) in [5.41, 5.74) is 6.74. The molecule has 3 rings (SSSR count). The van der Waals surface area contributed by atoms with E-state index in [0.717, 1.165) is 38.2 Å². The van der Waals surface area contributed by atoms with Crippen molar-refractivity contribution in [2.45, 2.75) is 25.3 Å². The Bertz CT molecular complexity index is 661. The number of nitrogens with two attached hydrogens (primary N) is 1. The van der Waals surface area contributed by atoms with Gasteiger partial charge in [-0.2, -0.15) is 4.98 Å². The van der Waals surface area contributed by atoms with Gasteiger partial charge >= 0.3 is 0 Å². The van der Waals surface area contributed by atoms with Crippen LogP contribution >= 0.6 is 0 Å². The van der Waals surface area contributed by atoms with E-state index in [4.69, 9.17) is 5.73 Å². The lowest BCUT2D eigenvalue weighted by atomic mass is 10.1. The maximum absolute atomic E-state index is 11.5. The Kier molecular flexibility index (Phi) is 4.71. The summed E-state index contributed by atoms with van der Waals surface area (Å²) in [6, 6.07) is 11.8. The lowest BCUT2D eigenvalue weighted by Crippen LogP contribution is -2.40. The second kappa shape index (κ2) is 7.09. The van der Waals surface area contributed by atoms with Crippen LogP contribution < -0.4 is 16.0 Å². The zero-order valence-electron chi connectivity index (χ0n) is 13.0. The standard InChI is InChI=1S/C17H21N5O/c18-16(23)14-7-4-12-22(14)15-9-11-20-17(21-15)19-10-8-13-5-2-1-3-6-13/h1-3,5-6,9,11,14H,4,7-8,10,12H2,(H2,18,23)(H,19,20,21). The fourth-order valence-corrected chi connectivity index (χ4v) is 2.89. The summed E-state index contributed by atoms with van der Waals surface area (Å²) in [5.74, 6) is 1.04. The van der Waals surface area contributed by atoms with Gasteiger partial charge in [0.1, 0.15) is 11.9 Å². The molecule has 1 fully saturated rings. The molecule has 0 aliphatic carbocycles. The maximum Gasteiger partial charge on any atom is 0.240 e. The van der Waals surface area contributed by atoms with Gasteiger partial charge in [0, 0.05) is 19.3 Å². The van der Waals surface area contributed by atoms with E-state index in [9.17, 15) is 4.79 Å². The van der Waals surface area contributed by atoms with Gasteiger partial charge in [-0.1, -0.05) is 30.3 Å². The maximum atomic E-state index is 11.5. The fourth-order valence-electron chi connectivity index (χ4n) is 2.89. The molecule has 0 saturated carbocycles. The van der Waals surface area contributed by atoms with Gasteiger partial charge < -0.3 is 16.0 Å². The summed E-state index contributed by atoms with van der Waals surface area (Å²) in [4.78, 5) is 22.2. The van der Waals surface area contributed by atoms with E-state index in [2.05, 4.69) is 27.4 Å². The van der Waals surface area contributed by atoms with E-state index in [0.29, 0.717) is 5.95 Å². The van der Waals surface area contributed by atoms with Crippen molar-refractivity contribution in [2.75, 3.05) is 23.3 Å². The monoisotopic (exact) mass is 311 g/mol. The number of hydrogen-bond donors (Lipinski definition) is 2. The molecule has 1 aromatic heterocycles. The highest BCUT2D eigenvalue weighted by Gasteiger charge is 2.30. The van der Waals surface area contributed by atoms with Crippen LogP contribution in [-0.4, -0.2) is 35.0 Å². The number of primary amides is 1. The number of anilines is 2. The number of carbonyl (C=O) groups excluding carboxylic acids is 1. The molecule has 0 radical (unpaired) electrons. The van der Waals surface area contributed by atoms with Gasteiger partial charge in [0.2, 0.25) is 11.9 Å². The molecule has 1 aliphatic heterocycles. The summed E-state index contributed by atoms with van der Waals surface area (Å²) >= 11 is 0. The SMILES string of the molecule is NC(=O)C1CCCN1c1ccnc(NCCc2ccccc2)n1. The number of nitrogens with one attached hydrogen (secondary N) is 1. The van der Waals surface area contributed by atoms with E-state index in [1.807, 2.05) is 29.2 Å². The number of amides is 1. The third-order valence-corrected chi connectivity index (χ3v) is 4.06. The first-order valence-electron chi connectivity index (χ1n) is 7.91. The third kappa shape index (κ3) is 3.77. The van der Waals surface area contributed by atoms with Crippen molar-refractivity contribution in [1.29, 1.82) is 0 Å². The Morgan fingerprint density at radius 3 is 2.91 bits per heavy atom. The number of nitrogens with zero attached hydrogens (tertiary/aromatic N) is 3. The zero-order chi connectivity index (χ0) is 16.1. The molecule has 2 aromatic rings. The molecule has 1 atom stereocenters. The largest absolute Gasteiger partial charge is 0.368 e. The van der Waals surface area contributed by atoms with Crippen LogP contribution in [0.2, 0.25) is 0 Å². The smallest absolute Gasteiger partial charge is 0.240 e. The van der Waals surface area contributed by atoms with Crippen LogP contribution in [-0.2, 0) is 11.2 Å². The third-order valence-electron chi connectivity index (χ3n) is 4.06. The molecule has 0 bridgehead atoms. The van der Waals surface area contributed by atoms with Gasteiger partial charge in [0.25, 0.3) is 0 Å². The van der Waals surface area contributed by atoms with Gasteiger partial charge in [0.15, 0.2) is 0 Å². The van der Waals surface area contributed by atoms with Crippen molar-refractivity contribution >= 4 is 17.7 Å². The fraction of sp³-hybridized carbons (Fsp3) is 0.353. The predicted molar refractivity (Wildman–Crippen MR) is 90.2 cm³/mol. The molecule has 6 nitrogen and oxygen atoms in total. The molecular formula is C17H21N5O. The van der Waals surface area contributed by atoms with E-state index >= 15 is 0 Å². The summed E-state index contributed by atoms with van der Waals surface area (Å²) in [7, 11) is 0. The minimum atomic E-state index is -0.292. The number of aromatic nitrogens is 2. The van der Waals surface area contributed by atoms with Crippen LogP contribution in [0, 0.1) is 0 Å². The van der Waals surface area contributed by atoms with E-state index in [1.54, 1.807) is 6.20 Å². The molecule has 6 heteroatoms. The molecule has 1 amide bonds. The highest BCUT2D eigenvalue weighted by molar-refractivity contribution is 5.83. The molecule has 0 spiro atoms. The second-order valence-electron chi connectivity index (χ2n) is 5.65. The summed E-state index contributed by atoms with van der Waals surface area (Å²) in [6.45, 7) is 1.56. The number of carbonyl (C=O) groups is 1. The van der Waals surface area contributed by atoms with Crippen molar-refractivity contribution in [2.24, 2.45) is 5.73 Å². The first-order valence-corrected chi connectivity index (χ1v) is 7.91. The molecule has 1 unspecified atom stereocenters. The molecule has 1 aliphatic rings. The van der Waals surface area contributed by atoms with Crippen LogP contribution in [0.3, 0.4) is 0 Å². The van der Waals surface area contributed by atoms with E-state index < -0.39 is 0 Å². The van der Waals surface area contributed by atoms with Crippen LogP contribution in [0.25, 0.3) is 0 Å². The first-order chi connectivity index (χ1) is 11.2. The van der Waals surface area contributed by atoms with Crippen molar-refractivity contribution in [3.63, 3.8) is 0 Å². The summed E-state index contributed by atoms with van der Waals surface area (Å²) in [6.07, 6.45) is 4.36. The highest BCUT2D eigenvalue weighted by atomic mass is 16.1. The molecule has 120 valence electrons. The number of benzene rings is 1. The Labute approximate surface area is 135 Å². The molecule has 23 heavy (non-hydrogen) atoms. The summed E-state index contributed by atoms with van der Waals surface area (Å²) < 4.78 is 0. The minimum Gasteiger partial charge on any atom is -0.368 e. The normalized spacial score (nSPS) is 17.2. The van der Waals surface area contributed by atoms with Gasteiger partial charge in [-0.05, 0) is 30.9 Å². The molecule has 3 N–H and O–H groups in total. The topological polar surface area (TPSA) is 84.1 Å². The van der Waals surface area contributed by atoms with E-state index in [1.165, 1.54) is 5.56 Å². The van der Waals surface area contributed by atoms with Gasteiger partial charge in [-0.15, -0.1) is 0 Å². The first kappa shape index (κ1) is 15.3. The van der Waals surface area contributed by atoms with Gasteiger partial charge in [-0.3, -0.25) is 4.79 Å². The van der Waals surface area contributed by atoms with Gasteiger partial charge in [-0.25, -0.2) is 4.98 Å². The average Bonchev–Trinajstić information content (AvgIpc) is 3.06. The lowest BCUT2D eigenvalue weighted by molar-refractivity contribution is -0.119. The van der Waals surface area contributed by atoms with Crippen molar-refractivity contribution in [3.05, 3.63) is 48.2 Å². The van der Waals surface area contributed by atoms with Crippen LogP contribution in [0.1, 0.15) is 18.4 Å². The van der Waals surface area contributed by atoms with Crippen LogP contribution in [0.4, 0.5) is 11.8 Å². The molecule has 1 aromatic carbocycles. The van der Waals surface area contributed by atoms with Crippen LogP contribution in [0.15, 0.2) is 42.6 Å². The zero-order valence-corrected chi connectivity index (χ0v) is 13.0. The van der Waals surface area contributed by atoms with E-state index in [-0.39, 0.29) is 11.9 Å². The van der Waals surface area contributed by atoms with Crippen LogP contribution in [0.5, 0.6) is 0 Å². The number of rotatable bonds is 6. The van der Waals surface area contributed by atoms with Crippen molar-refractivity contribution < 1.29 is 4.79 Å². The quantitative estimate of drug-likeness (QED) is 0.846. The second-order valence-corrected chi connectivity index (χ2v) is 5.65. The number of hydrogen-bond acceptors (Lipinski definition) is 5. The Morgan fingerprint density at radius 2 is 2.13 bits per heavy atom. The molecule has 2 heterocycles. The predicted octanol–water partition coefficient (Wildman–Crippen LogP) is 1.59. The average molecular weight is 311 g/mol. The minimum absolute atomic E-state index is 0.262. The summed E-state index contributed by atoms with van der Waals surface area (Å²) in [5, 5.41) is 3.24. The van der Waals surface area contributed by atoms with Gasteiger partial charge in [0.05, 0.1) is 0 Å². The Balaban J connectivity index is 1.62. The molecule has 1 saturated heterocycles. The Hall–Kier alpha value is -2.63.